The second-order valence-electron chi connectivity index (χ2n) is 8.20. The zero-order valence-electron chi connectivity index (χ0n) is 19.4. The first kappa shape index (κ1) is 24.7. The molecule has 0 aromatic carbocycles. The summed E-state index contributed by atoms with van der Waals surface area (Å²) in [6, 6.07) is 0.866. The van der Waals surface area contributed by atoms with Gasteiger partial charge in [0.1, 0.15) is 35.4 Å². The van der Waals surface area contributed by atoms with Crippen LogP contribution >= 0.6 is 23.1 Å². The van der Waals surface area contributed by atoms with Gasteiger partial charge in [0.15, 0.2) is 29.8 Å². The molecule has 2 amide bonds. The number of thiazole rings is 1. The van der Waals surface area contributed by atoms with E-state index < -0.39 is 29.2 Å². The van der Waals surface area contributed by atoms with Gasteiger partial charge in [-0.15, -0.1) is 23.1 Å². The maximum Gasteiger partial charge on any atom is 0.352 e. The number of anilines is 1. The number of nitrogens with two attached hydrogens (primary N) is 1. The lowest BCUT2D eigenvalue weighted by molar-refractivity contribution is -0.688. The summed E-state index contributed by atoms with van der Waals surface area (Å²) < 4.78 is 3.66. The molecule has 3 aromatic heterocycles. The number of thioether (sulfide) groups is 1. The summed E-state index contributed by atoms with van der Waals surface area (Å²) in [5, 5.41) is 27.1. The van der Waals surface area contributed by atoms with Crippen molar-refractivity contribution in [2.75, 3.05) is 18.6 Å². The highest BCUT2D eigenvalue weighted by Crippen LogP contribution is 2.40. The van der Waals surface area contributed by atoms with Gasteiger partial charge in [0.2, 0.25) is 0 Å². The smallest absolute Gasteiger partial charge is 0.352 e. The number of fused-ring (bicyclic) bond motifs is 2. The van der Waals surface area contributed by atoms with E-state index in [1.165, 1.54) is 23.8 Å². The van der Waals surface area contributed by atoms with Crippen molar-refractivity contribution in [2.45, 2.75) is 24.6 Å². The quantitative estimate of drug-likeness (QED) is 0.127. The first-order chi connectivity index (χ1) is 17.8. The van der Waals surface area contributed by atoms with Crippen molar-refractivity contribution in [1.82, 2.24) is 19.6 Å². The predicted molar refractivity (Wildman–Crippen MR) is 133 cm³/mol. The lowest BCUT2D eigenvalue weighted by Gasteiger charge is -2.49. The highest BCUT2D eigenvalue weighted by Gasteiger charge is 2.54. The van der Waals surface area contributed by atoms with Gasteiger partial charge < -0.3 is 30.5 Å². The Hall–Kier alpha value is -3.95. The van der Waals surface area contributed by atoms with Crippen molar-refractivity contribution in [2.24, 2.45) is 5.16 Å². The van der Waals surface area contributed by atoms with E-state index >= 15 is 0 Å². The second kappa shape index (κ2) is 9.84. The van der Waals surface area contributed by atoms with Gasteiger partial charge in [-0.1, -0.05) is 5.16 Å². The third-order valence-electron chi connectivity index (χ3n) is 5.99. The van der Waals surface area contributed by atoms with E-state index in [1.807, 2.05) is 33.6 Å². The maximum absolute atomic E-state index is 13.0. The predicted octanol–water partition coefficient (Wildman–Crippen LogP) is -0.453. The Labute approximate surface area is 217 Å². The van der Waals surface area contributed by atoms with Crippen LogP contribution in [-0.2, 0) is 32.4 Å². The molecule has 0 spiro atoms. The van der Waals surface area contributed by atoms with Crippen molar-refractivity contribution in [3.8, 4) is 0 Å². The first-order valence-electron chi connectivity index (χ1n) is 10.9. The van der Waals surface area contributed by atoms with Crippen LogP contribution in [0.1, 0.15) is 11.3 Å². The molecule has 13 nitrogen and oxygen atoms in total. The molecule has 1 fully saturated rings. The van der Waals surface area contributed by atoms with E-state index in [9.17, 15) is 24.6 Å². The van der Waals surface area contributed by atoms with E-state index in [0.717, 1.165) is 22.4 Å². The molecule has 2 aliphatic heterocycles. The number of carboxylic acids is 1. The number of carbonyl (C=O) groups excluding carboxylic acids is 2. The molecule has 0 bridgehead atoms. The van der Waals surface area contributed by atoms with Gasteiger partial charge in [0.25, 0.3) is 11.8 Å². The van der Waals surface area contributed by atoms with Gasteiger partial charge in [0, 0.05) is 28.5 Å². The summed E-state index contributed by atoms with van der Waals surface area (Å²) in [6.45, 7) is 0.119. The Balaban J connectivity index is 1.36. The Bertz CT molecular complexity index is 1480. The molecular formula is C22H22N7O6S2+. The van der Waals surface area contributed by atoms with Gasteiger partial charge in [-0.05, 0) is 6.07 Å². The minimum atomic E-state index is -1.22. The number of nitrogens with zero attached hydrogens (tertiary/aromatic N) is 5. The normalized spacial score (nSPS) is 19.6. The monoisotopic (exact) mass is 544 g/mol. The van der Waals surface area contributed by atoms with Crippen LogP contribution in [0.4, 0.5) is 5.13 Å². The summed E-state index contributed by atoms with van der Waals surface area (Å²) in [5.41, 5.74) is 7.71. The molecular weight excluding hydrogens is 522 g/mol. The van der Waals surface area contributed by atoms with Crippen LogP contribution in [0, 0.1) is 0 Å². The lowest BCUT2D eigenvalue weighted by atomic mass is 10.0. The molecule has 1 saturated heterocycles. The van der Waals surface area contributed by atoms with Crippen LogP contribution in [0.15, 0.2) is 52.7 Å². The zero-order chi connectivity index (χ0) is 26.3. The number of carbonyl (C=O) groups is 3. The first-order valence-corrected chi connectivity index (χ1v) is 12.9. The standard InChI is InChI=1S/C22H21N7O6S2/c1-35-26-15(13-10-37-22(23)24-13)18(31)25-16-19(32)29-17(21(33)34)12(9-36-20(16)29)6-27-4-5-28-3-2-11(8-30)14(28)7-27/h2-5,7,10,16,20,30H,6,8-9H2,1H3,(H3-,23,24,25,31,33,34)/p+1/b26-15-/t16-,20-/m1/s1. The fourth-order valence-electron chi connectivity index (χ4n) is 4.30. The number of hydrogen-bond acceptors (Lipinski definition) is 10. The Morgan fingerprint density at radius 2 is 2.22 bits per heavy atom. The average molecular weight is 545 g/mol. The lowest BCUT2D eigenvalue weighted by Crippen LogP contribution is -2.71. The highest BCUT2D eigenvalue weighted by atomic mass is 32.2. The Kier molecular flexibility index (Phi) is 6.57. The number of aliphatic carboxylic acids is 1. The Morgan fingerprint density at radius 3 is 2.89 bits per heavy atom. The van der Waals surface area contributed by atoms with E-state index in [4.69, 9.17) is 10.6 Å². The van der Waals surface area contributed by atoms with Crippen LogP contribution in [0.5, 0.6) is 0 Å². The molecule has 0 aliphatic carbocycles. The van der Waals surface area contributed by atoms with E-state index in [0.29, 0.717) is 11.3 Å². The molecule has 0 radical (unpaired) electrons. The van der Waals surface area contributed by atoms with Crippen molar-refractivity contribution < 1.29 is 34.0 Å². The maximum atomic E-state index is 13.0. The third kappa shape index (κ3) is 4.41. The zero-order valence-corrected chi connectivity index (χ0v) is 21.0. The summed E-state index contributed by atoms with van der Waals surface area (Å²) in [7, 11) is 1.28. The largest absolute Gasteiger partial charge is 0.477 e. The molecule has 3 aromatic rings. The summed E-state index contributed by atoms with van der Waals surface area (Å²) in [4.78, 5) is 48.2. The number of rotatable bonds is 8. The number of nitrogens with one attached hydrogen (secondary N) is 1. The van der Waals surface area contributed by atoms with Crippen LogP contribution in [0.2, 0.25) is 0 Å². The molecule has 15 heteroatoms. The second-order valence-corrected chi connectivity index (χ2v) is 10.2. The molecule has 192 valence electrons. The third-order valence-corrected chi connectivity index (χ3v) is 8.01. The number of aliphatic hydroxyl groups excluding tert-OH is 1. The van der Waals surface area contributed by atoms with E-state index in [-0.39, 0.29) is 35.4 Å². The van der Waals surface area contributed by atoms with Crippen LogP contribution in [-0.4, -0.2) is 72.3 Å². The number of β-lactam (4-membered cyclic amide) rings is 1. The SMILES string of the molecule is CO/N=C(\C(=O)N[C@@H]1C(=O)N2C(C(=O)O)=C(C[n+]3ccn4ccc(CO)c4c3)CS[C@H]12)c1csc(N)n1. The molecule has 5 N–H and O–H groups in total. The van der Waals surface area contributed by atoms with Gasteiger partial charge >= 0.3 is 5.97 Å². The summed E-state index contributed by atoms with van der Waals surface area (Å²) >= 11 is 2.48. The summed E-state index contributed by atoms with van der Waals surface area (Å²) in [5.74, 6) is -2.10. The van der Waals surface area contributed by atoms with Gasteiger partial charge in [-0.25, -0.2) is 9.78 Å². The number of aliphatic hydroxyl groups is 1. The molecule has 0 saturated carbocycles. The van der Waals surface area contributed by atoms with Crippen LogP contribution in [0.3, 0.4) is 0 Å². The number of carboxylic acid groups (broad SMARTS) is 1. The molecule has 5 rings (SSSR count). The highest BCUT2D eigenvalue weighted by molar-refractivity contribution is 8.00. The minimum Gasteiger partial charge on any atom is -0.477 e. The Morgan fingerprint density at radius 1 is 1.41 bits per heavy atom. The molecule has 5 heterocycles. The molecule has 2 aliphatic rings. The number of aromatic nitrogens is 3. The number of oxime groups is 1. The van der Waals surface area contributed by atoms with Crippen LogP contribution in [0.25, 0.3) is 5.52 Å². The number of nitrogen functional groups attached to an aromatic ring is 1. The van der Waals surface area contributed by atoms with Gasteiger partial charge in [0.05, 0.1) is 12.8 Å². The summed E-state index contributed by atoms with van der Waals surface area (Å²) in [6.07, 6.45) is 7.25. The van der Waals surface area contributed by atoms with Crippen molar-refractivity contribution in [3.63, 3.8) is 0 Å². The molecule has 37 heavy (non-hydrogen) atoms. The fourth-order valence-corrected chi connectivity index (χ4v) is 6.18. The van der Waals surface area contributed by atoms with Gasteiger partial charge in [-0.2, -0.15) is 4.57 Å². The minimum absolute atomic E-state index is 0.0950. The van der Waals surface area contributed by atoms with Gasteiger partial charge in [-0.3, -0.25) is 14.5 Å². The van der Waals surface area contributed by atoms with Crippen molar-refractivity contribution in [3.05, 3.63) is 58.8 Å². The van der Waals surface area contributed by atoms with Crippen LogP contribution < -0.4 is 15.6 Å². The molecule has 0 unspecified atom stereocenters. The van der Waals surface area contributed by atoms with Crippen molar-refractivity contribution >= 4 is 57.2 Å². The van der Waals surface area contributed by atoms with Crippen molar-refractivity contribution in [1.29, 1.82) is 0 Å². The number of amides is 2. The topological polar surface area (TPSA) is 176 Å². The number of hydrogen-bond donors (Lipinski definition) is 4. The van der Waals surface area contributed by atoms with E-state index in [2.05, 4.69) is 15.5 Å². The molecule has 2 atom stereocenters. The fraction of sp³-hybridized carbons (Fsp3) is 0.273. The van der Waals surface area contributed by atoms with E-state index in [1.54, 1.807) is 11.6 Å². The average Bonchev–Trinajstić information content (AvgIpc) is 3.50.